The summed E-state index contributed by atoms with van der Waals surface area (Å²) < 4.78 is 0. The van der Waals surface area contributed by atoms with E-state index in [-0.39, 0.29) is 5.69 Å². The van der Waals surface area contributed by atoms with E-state index < -0.39 is 4.92 Å². The Morgan fingerprint density at radius 3 is 2.29 bits per heavy atom. The Morgan fingerprint density at radius 1 is 1.12 bits per heavy atom. The fraction of sp³-hybridized carbons (Fsp3) is 0.167. The summed E-state index contributed by atoms with van der Waals surface area (Å²) in [7, 11) is 4.01. The molecule has 124 valence electrons. The second kappa shape index (κ2) is 7.92. The number of benzene rings is 2. The lowest BCUT2D eigenvalue weighted by molar-refractivity contribution is -0.384. The van der Waals surface area contributed by atoms with Crippen LogP contribution in [0.25, 0.3) is 6.08 Å². The fourth-order valence-electron chi connectivity index (χ4n) is 1.95. The van der Waals surface area contributed by atoms with Gasteiger partial charge in [-0.25, -0.2) is 0 Å². The van der Waals surface area contributed by atoms with E-state index in [0.717, 1.165) is 17.0 Å². The van der Waals surface area contributed by atoms with Crippen molar-refractivity contribution in [2.75, 3.05) is 24.4 Å². The van der Waals surface area contributed by atoms with Gasteiger partial charge in [0.15, 0.2) is 0 Å². The van der Waals surface area contributed by atoms with Crippen molar-refractivity contribution in [2.45, 2.75) is 6.92 Å². The van der Waals surface area contributed by atoms with Crippen molar-refractivity contribution >= 4 is 28.8 Å². The van der Waals surface area contributed by atoms with Crippen LogP contribution in [0.2, 0.25) is 0 Å². The minimum atomic E-state index is -0.428. The molecule has 0 radical (unpaired) electrons. The maximum Gasteiger partial charge on any atom is 0.269 e. The molecule has 0 aromatic heterocycles. The van der Waals surface area contributed by atoms with Crippen LogP contribution >= 0.6 is 0 Å². The Kier molecular flexibility index (Phi) is 5.68. The largest absolute Gasteiger partial charge is 0.378 e. The minimum absolute atomic E-state index is 0.0577. The molecule has 0 atom stereocenters. The fourth-order valence-corrected chi connectivity index (χ4v) is 1.95. The maximum atomic E-state index is 10.6. The van der Waals surface area contributed by atoms with E-state index in [4.69, 9.17) is 0 Å². The topological polar surface area (TPSA) is 70.8 Å². The highest BCUT2D eigenvalue weighted by Crippen LogP contribution is 2.15. The summed E-state index contributed by atoms with van der Waals surface area (Å²) in [6.07, 6.45) is 3.89. The zero-order chi connectivity index (χ0) is 17.5. The van der Waals surface area contributed by atoms with Gasteiger partial charge in [0.1, 0.15) is 0 Å². The van der Waals surface area contributed by atoms with Gasteiger partial charge in [-0.15, -0.1) is 0 Å². The standard InChI is InChI=1S/C18H20N4O2/c1-14(4-5-15-6-10-17(11-7-15)21(2)3)19-20-16-8-12-18(13-9-16)22(23)24/h4-13,20H,1-3H3/b5-4+,19-14?. The van der Waals surface area contributed by atoms with E-state index >= 15 is 0 Å². The molecule has 2 rings (SSSR count). The van der Waals surface area contributed by atoms with E-state index in [9.17, 15) is 10.1 Å². The van der Waals surface area contributed by atoms with E-state index in [1.807, 2.05) is 50.2 Å². The van der Waals surface area contributed by atoms with E-state index in [2.05, 4.69) is 22.7 Å². The first-order chi connectivity index (χ1) is 11.5. The number of hydrogen-bond donors (Lipinski definition) is 1. The zero-order valence-electron chi connectivity index (χ0n) is 13.9. The molecule has 0 aliphatic heterocycles. The first kappa shape index (κ1) is 17.2. The van der Waals surface area contributed by atoms with Crippen LogP contribution in [-0.2, 0) is 0 Å². The summed E-state index contributed by atoms with van der Waals surface area (Å²) in [5.74, 6) is 0. The first-order valence-electron chi connectivity index (χ1n) is 7.46. The van der Waals surface area contributed by atoms with Crippen molar-refractivity contribution in [1.82, 2.24) is 0 Å². The first-order valence-corrected chi connectivity index (χ1v) is 7.46. The average Bonchev–Trinajstić information content (AvgIpc) is 2.58. The van der Waals surface area contributed by atoms with E-state index in [1.54, 1.807) is 12.1 Å². The number of nitro groups is 1. The second-order valence-corrected chi connectivity index (χ2v) is 5.49. The number of nitrogens with one attached hydrogen (secondary N) is 1. The number of anilines is 2. The van der Waals surface area contributed by atoms with Gasteiger partial charge in [0.25, 0.3) is 5.69 Å². The molecule has 0 spiro atoms. The lowest BCUT2D eigenvalue weighted by atomic mass is 10.2. The maximum absolute atomic E-state index is 10.6. The Labute approximate surface area is 141 Å². The molecule has 0 aliphatic rings. The SMILES string of the molecule is CC(/C=C/c1ccc(N(C)C)cc1)=NNc1ccc([N+](=O)[O-])cc1. The second-order valence-electron chi connectivity index (χ2n) is 5.49. The predicted octanol–water partition coefficient (Wildman–Crippen LogP) is 4.16. The summed E-state index contributed by atoms with van der Waals surface area (Å²) in [4.78, 5) is 12.2. The minimum Gasteiger partial charge on any atom is -0.378 e. The van der Waals surface area contributed by atoms with Crippen molar-refractivity contribution in [1.29, 1.82) is 0 Å². The van der Waals surface area contributed by atoms with Crippen molar-refractivity contribution in [3.63, 3.8) is 0 Å². The number of non-ortho nitro benzene ring substituents is 1. The van der Waals surface area contributed by atoms with Crippen molar-refractivity contribution in [3.8, 4) is 0 Å². The van der Waals surface area contributed by atoms with Gasteiger partial charge in [0.2, 0.25) is 0 Å². The van der Waals surface area contributed by atoms with Crippen LogP contribution in [0.15, 0.2) is 59.7 Å². The third kappa shape index (κ3) is 4.95. The molecule has 0 unspecified atom stereocenters. The number of hydrogen-bond acceptors (Lipinski definition) is 5. The quantitative estimate of drug-likeness (QED) is 0.492. The monoisotopic (exact) mass is 324 g/mol. The zero-order valence-corrected chi connectivity index (χ0v) is 13.9. The van der Waals surface area contributed by atoms with Crippen molar-refractivity contribution in [3.05, 3.63) is 70.3 Å². The van der Waals surface area contributed by atoms with Crippen LogP contribution in [0.5, 0.6) is 0 Å². The molecule has 0 aliphatic carbocycles. The lowest BCUT2D eigenvalue weighted by Gasteiger charge is -2.11. The van der Waals surface area contributed by atoms with E-state index in [1.165, 1.54) is 12.1 Å². The van der Waals surface area contributed by atoms with Gasteiger partial charge in [-0.3, -0.25) is 15.5 Å². The molecule has 6 heteroatoms. The van der Waals surface area contributed by atoms with Gasteiger partial charge >= 0.3 is 0 Å². The van der Waals surface area contributed by atoms with Crippen LogP contribution in [0, 0.1) is 10.1 Å². The molecule has 2 aromatic rings. The summed E-state index contributed by atoms with van der Waals surface area (Å²) in [5.41, 5.74) is 6.67. The van der Waals surface area contributed by atoms with E-state index in [0.29, 0.717) is 5.69 Å². The van der Waals surface area contributed by atoms with Crippen LogP contribution in [0.4, 0.5) is 17.1 Å². The number of hydrazone groups is 1. The molecule has 6 nitrogen and oxygen atoms in total. The van der Waals surface area contributed by atoms with Gasteiger partial charge in [-0.1, -0.05) is 18.2 Å². The van der Waals surface area contributed by atoms with Gasteiger partial charge < -0.3 is 4.90 Å². The Bertz CT molecular complexity index is 748. The molecule has 1 N–H and O–H groups in total. The van der Waals surface area contributed by atoms with Crippen LogP contribution in [-0.4, -0.2) is 24.7 Å². The molecule has 0 fully saturated rings. The summed E-state index contributed by atoms with van der Waals surface area (Å²) in [6, 6.07) is 14.3. The molecule has 0 saturated heterocycles. The normalized spacial score (nSPS) is 11.5. The Morgan fingerprint density at radius 2 is 1.75 bits per heavy atom. The summed E-state index contributed by atoms with van der Waals surface area (Å²) in [5, 5.41) is 14.8. The van der Waals surface area contributed by atoms with Crippen LogP contribution in [0.1, 0.15) is 12.5 Å². The number of nitrogens with zero attached hydrogens (tertiary/aromatic N) is 3. The smallest absolute Gasteiger partial charge is 0.269 e. The Hall–Kier alpha value is -3.15. The highest BCUT2D eigenvalue weighted by atomic mass is 16.6. The predicted molar refractivity (Wildman–Crippen MR) is 99.6 cm³/mol. The van der Waals surface area contributed by atoms with Crippen LogP contribution in [0.3, 0.4) is 0 Å². The molecule has 0 bridgehead atoms. The summed E-state index contributed by atoms with van der Waals surface area (Å²) in [6.45, 7) is 1.88. The highest BCUT2D eigenvalue weighted by molar-refractivity contribution is 5.96. The average molecular weight is 324 g/mol. The van der Waals surface area contributed by atoms with Gasteiger partial charge in [-0.05, 0) is 42.8 Å². The molecule has 24 heavy (non-hydrogen) atoms. The molecule has 0 amide bonds. The summed E-state index contributed by atoms with van der Waals surface area (Å²) >= 11 is 0. The molecular weight excluding hydrogens is 304 g/mol. The third-order valence-electron chi connectivity index (χ3n) is 3.37. The number of rotatable bonds is 6. The van der Waals surface area contributed by atoms with Crippen molar-refractivity contribution < 1.29 is 4.92 Å². The van der Waals surface area contributed by atoms with Gasteiger partial charge in [0.05, 0.1) is 16.3 Å². The number of nitro benzene ring substituents is 1. The third-order valence-corrected chi connectivity index (χ3v) is 3.37. The van der Waals surface area contributed by atoms with Crippen molar-refractivity contribution in [2.24, 2.45) is 5.10 Å². The van der Waals surface area contributed by atoms with Crippen LogP contribution < -0.4 is 10.3 Å². The lowest BCUT2D eigenvalue weighted by Crippen LogP contribution is -2.07. The molecular formula is C18H20N4O2. The number of allylic oxidation sites excluding steroid dienone is 1. The van der Waals surface area contributed by atoms with Gasteiger partial charge in [-0.2, -0.15) is 5.10 Å². The molecule has 0 heterocycles. The highest BCUT2D eigenvalue weighted by Gasteiger charge is 2.02. The van der Waals surface area contributed by atoms with Gasteiger partial charge in [0, 0.05) is 31.9 Å². The Balaban J connectivity index is 1.96. The molecule has 2 aromatic carbocycles. The molecule has 0 saturated carbocycles.